The monoisotopic (exact) mass is 324 g/mol. The highest BCUT2D eigenvalue weighted by Crippen LogP contribution is 2.43. The molecule has 1 aromatic rings. The summed E-state index contributed by atoms with van der Waals surface area (Å²) in [7, 11) is 0. The van der Waals surface area contributed by atoms with E-state index < -0.39 is 0 Å². The van der Waals surface area contributed by atoms with Gasteiger partial charge in [-0.2, -0.15) is 0 Å². The summed E-state index contributed by atoms with van der Waals surface area (Å²) in [5, 5.41) is 1.09. The standard InChI is InChI=1S/C18H22Cl2O/c19-16-8-5-12(9-17(16)20)10-18(21)15-7-6-13-3-1-2-4-14(13)11-15/h5,8-9,13-15H,1-4,6-7,10-11H2. The van der Waals surface area contributed by atoms with Crippen molar-refractivity contribution < 1.29 is 4.79 Å². The van der Waals surface area contributed by atoms with Gasteiger partial charge in [0.1, 0.15) is 5.78 Å². The summed E-state index contributed by atoms with van der Waals surface area (Å²) in [6.07, 6.45) is 9.42. The van der Waals surface area contributed by atoms with Crippen molar-refractivity contribution in [3.8, 4) is 0 Å². The number of benzene rings is 1. The van der Waals surface area contributed by atoms with Crippen molar-refractivity contribution in [3.05, 3.63) is 33.8 Å². The average Bonchev–Trinajstić information content (AvgIpc) is 2.50. The van der Waals surface area contributed by atoms with Crippen LogP contribution in [0, 0.1) is 17.8 Å². The molecule has 2 aliphatic carbocycles. The third-order valence-electron chi connectivity index (χ3n) is 5.36. The lowest BCUT2D eigenvalue weighted by Gasteiger charge is -2.38. The van der Waals surface area contributed by atoms with E-state index in [1.165, 1.54) is 32.1 Å². The number of hydrogen-bond donors (Lipinski definition) is 0. The van der Waals surface area contributed by atoms with E-state index in [1.807, 2.05) is 12.1 Å². The van der Waals surface area contributed by atoms with E-state index in [4.69, 9.17) is 23.2 Å². The van der Waals surface area contributed by atoms with Gasteiger partial charge < -0.3 is 0 Å². The lowest BCUT2D eigenvalue weighted by molar-refractivity contribution is -0.124. The van der Waals surface area contributed by atoms with Gasteiger partial charge in [0.2, 0.25) is 0 Å². The number of carbonyl (C=O) groups is 1. The lowest BCUT2D eigenvalue weighted by atomic mass is 9.66. The van der Waals surface area contributed by atoms with E-state index in [0.29, 0.717) is 22.2 Å². The van der Waals surface area contributed by atoms with Crippen molar-refractivity contribution >= 4 is 29.0 Å². The van der Waals surface area contributed by atoms with E-state index in [-0.39, 0.29) is 5.92 Å². The molecule has 0 saturated heterocycles. The second-order valence-corrected chi connectivity index (χ2v) is 7.52. The summed E-state index contributed by atoms with van der Waals surface area (Å²) in [5.41, 5.74) is 0.986. The Morgan fingerprint density at radius 3 is 2.52 bits per heavy atom. The van der Waals surface area contributed by atoms with Gasteiger partial charge in [-0.05, 0) is 48.8 Å². The number of carbonyl (C=O) groups excluding carboxylic acids is 1. The molecular weight excluding hydrogens is 303 g/mol. The van der Waals surface area contributed by atoms with Gasteiger partial charge in [0.05, 0.1) is 10.0 Å². The van der Waals surface area contributed by atoms with Crippen molar-refractivity contribution in [2.45, 2.75) is 51.4 Å². The number of hydrogen-bond acceptors (Lipinski definition) is 1. The first-order chi connectivity index (χ1) is 10.1. The van der Waals surface area contributed by atoms with Crippen LogP contribution in [0.15, 0.2) is 18.2 Å². The summed E-state index contributed by atoms with van der Waals surface area (Å²) in [6.45, 7) is 0. The third kappa shape index (κ3) is 3.63. The lowest BCUT2D eigenvalue weighted by Crippen LogP contribution is -2.31. The van der Waals surface area contributed by atoms with Gasteiger partial charge in [0, 0.05) is 12.3 Å². The van der Waals surface area contributed by atoms with Crippen LogP contribution in [0.1, 0.15) is 50.5 Å². The Morgan fingerprint density at radius 1 is 1.00 bits per heavy atom. The maximum Gasteiger partial charge on any atom is 0.140 e. The molecular formula is C18H22Cl2O. The minimum Gasteiger partial charge on any atom is -0.299 e. The zero-order chi connectivity index (χ0) is 14.8. The van der Waals surface area contributed by atoms with Gasteiger partial charge >= 0.3 is 0 Å². The van der Waals surface area contributed by atoms with Crippen LogP contribution in [0.2, 0.25) is 10.0 Å². The topological polar surface area (TPSA) is 17.1 Å². The van der Waals surface area contributed by atoms with Crippen LogP contribution in [0.5, 0.6) is 0 Å². The Balaban J connectivity index is 1.61. The van der Waals surface area contributed by atoms with Gasteiger partial charge in [-0.3, -0.25) is 4.79 Å². The summed E-state index contributed by atoms with van der Waals surface area (Å²) in [6, 6.07) is 5.52. The number of rotatable bonds is 3. The molecule has 0 spiro atoms. The molecule has 0 aliphatic heterocycles. The van der Waals surface area contributed by atoms with Crippen LogP contribution >= 0.6 is 23.2 Å². The molecule has 2 aliphatic rings. The smallest absolute Gasteiger partial charge is 0.140 e. The van der Waals surface area contributed by atoms with E-state index in [0.717, 1.165) is 30.2 Å². The van der Waals surface area contributed by atoms with Crippen molar-refractivity contribution in [2.24, 2.45) is 17.8 Å². The quantitative estimate of drug-likeness (QED) is 0.695. The Kier molecular flexibility index (Phi) is 4.91. The fraction of sp³-hybridized carbons (Fsp3) is 0.611. The normalized spacial score (nSPS) is 29.0. The van der Waals surface area contributed by atoms with Gasteiger partial charge in [0.25, 0.3) is 0 Å². The van der Waals surface area contributed by atoms with E-state index >= 15 is 0 Å². The highest BCUT2D eigenvalue weighted by molar-refractivity contribution is 6.42. The largest absolute Gasteiger partial charge is 0.299 e. The summed E-state index contributed by atoms with van der Waals surface area (Å²) in [4.78, 5) is 12.6. The van der Waals surface area contributed by atoms with Crippen molar-refractivity contribution in [3.63, 3.8) is 0 Å². The molecule has 0 radical (unpaired) electrons. The summed E-state index contributed by atoms with van der Waals surface area (Å²) >= 11 is 12.0. The Bertz CT molecular complexity index is 526. The van der Waals surface area contributed by atoms with E-state index in [1.54, 1.807) is 6.07 Å². The number of fused-ring (bicyclic) bond motifs is 1. The fourth-order valence-electron chi connectivity index (χ4n) is 4.16. The Morgan fingerprint density at radius 2 is 1.76 bits per heavy atom. The zero-order valence-electron chi connectivity index (χ0n) is 12.3. The van der Waals surface area contributed by atoms with Crippen LogP contribution in [0.3, 0.4) is 0 Å². The molecule has 2 saturated carbocycles. The number of ketones is 1. The zero-order valence-corrected chi connectivity index (χ0v) is 13.8. The van der Waals surface area contributed by atoms with Crippen molar-refractivity contribution in [1.29, 1.82) is 0 Å². The molecule has 114 valence electrons. The minimum atomic E-state index is 0.263. The first-order valence-corrected chi connectivity index (χ1v) is 8.85. The molecule has 3 unspecified atom stereocenters. The second-order valence-electron chi connectivity index (χ2n) is 6.71. The summed E-state index contributed by atoms with van der Waals surface area (Å²) in [5.74, 6) is 2.35. The van der Waals surface area contributed by atoms with Crippen molar-refractivity contribution in [2.75, 3.05) is 0 Å². The molecule has 21 heavy (non-hydrogen) atoms. The third-order valence-corrected chi connectivity index (χ3v) is 6.10. The van der Waals surface area contributed by atoms with Gasteiger partial charge in [-0.25, -0.2) is 0 Å². The van der Waals surface area contributed by atoms with Gasteiger partial charge in [0.15, 0.2) is 0 Å². The van der Waals surface area contributed by atoms with Gasteiger partial charge in [-0.15, -0.1) is 0 Å². The van der Waals surface area contributed by atoms with Crippen LogP contribution in [0.4, 0.5) is 0 Å². The van der Waals surface area contributed by atoms with Crippen LogP contribution in [-0.2, 0) is 11.2 Å². The van der Waals surface area contributed by atoms with Crippen LogP contribution in [0.25, 0.3) is 0 Å². The molecule has 3 rings (SSSR count). The first-order valence-electron chi connectivity index (χ1n) is 8.10. The Labute approximate surface area is 137 Å². The SMILES string of the molecule is O=C(Cc1ccc(Cl)c(Cl)c1)C1CCC2CCCCC2C1. The van der Waals surface area contributed by atoms with Crippen LogP contribution in [-0.4, -0.2) is 5.78 Å². The highest BCUT2D eigenvalue weighted by atomic mass is 35.5. The number of halogens is 2. The maximum absolute atomic E-state index is 12.6. The minimum absolute atomic E-state index is 0.263. The molecule has 1 aromatic carbocycles. The number of Topliss-reactive ketones (excluding diaryl/α,β-unsaturated/α-hetero) is 1. The molecule has 0 N–H and O–H groups in total. The molecule has 0 heterocycles. The first kappa shape index (κ1) is 15.4. The Hall–Kier alpha value is -0.530. The van der Waals surface area contributed by atoms with E-state index in [9.17, 15) is 4.79 Å². The second kappa shape index (κ2) is 6.71. The maximum atomic E-state index is 12.6. The average molecular weight is 325 g/mol. The highest BCUT2D eigenvalue weighted by Gasteiger charge is 2.34. The molecule has 0 aromatic heterocycles. The molecule has 0 bridgehead atoms. The molecule has 2 fully saturated rings. The summed E-state index contributed by atoms with van der Waals surface area (Å²) < 4.78 is 0. The molecule has 1 nitrogen and oxygen atoms in total. The molecule has 3 atom stereocenters. The van der Waals surface area contributed by atoms with Gasteiger partial charge in [-0.1, -0.05) is 55.0 Å². The van der Waals surface area contributed by atoms with E-state index in [2.05, 4.69) is 0 Å². The fourth-order valence-corrected chi connectivity index (χ4v) is 4.48. The predicted octanol–water partition coefficient (Wildman–Crippen LogP) is 5.71. The molecule has 3 heteroatoms. The predicted molar refractivity (Wildman–Crippen MR) is 88.0 cm³/mol. The van der Waals surface area contributed by atoms with Crippen LogP contribution < -0.4 is 0 Å². The molecule has 0 amide bonds. The van der Waals surface area contributed by atoms with Crippen molar-refractivity contribution in [1.82, 2.24) is 0 Å².